The Bertz CT molecular complexity index is 1660. The molecule has 3 aromatic rings. The highest BCUT2D eigenvalue weighted by Gasteiger charge is 2.33. The van der Waals surface area contributed by atoms with Crippen LogP contribution in [0.3, 0.4) is 0 Å². The highest BCUT2D eigenvalue weighted by Crippen LogP contribution is 2.37. The van der Waals surface area contributed by atoms with Gasteiger partial charge in [0.05, 0.1) is 46.6 Å². The summed E-state index contributed by atoms with van der Waals surface area (Å²) < 4.78 is 37.2. The predicted octanol–water partition coefficient (Wildman–Crippen LogP) is 3.65. The van der Waals surface area contributed by atoms with Crippen molar-refractivity contribution < 1.29 is 32.9 Å². The number of rotatable bonds is 9. The van der Waals surface area contributed by atoms with Crippen LogP contribution in [0.2, 0.25) is 0 Å². The second-order valence-electron chi connectivity index (χ2n) is 8.48. The van der Waals surface area contributed by atoms with E-state index in [2.05, 4.69) is 20.9 Å². The van der Waals surface area contributed by atoms with E-state index >= 15 is 0 Å². The number of methoxy groups -OCH3 is 1. The minimum Gasteiger partial charge on any atom is -0.493 e. The number of aromatic nitrogens is 1. The molecular formula is C28H26BrFN2O7S. The summed E-state index contributed by atoms with van der Waals surface area (Å²) in [5.74, 6) is -0.916. The SMILES string of the molecule is CCOC(=O)COc1c(Br)cc(/C=c2\sc3n(c2=O)[C@@H](c2ccc(F)cc2)C(C(=O)OCC)=C(C)N=3)cc1OC. The van der Waals surface area contributed by atoms with Gasteiger partial charge in [0.1, 0.15) is 5.82 Å². The number of hydrogen-bond acceptors (Lipinski definition) is 9. The first-order valence-electron chi connectivity index (χ1n) is 12.3. The molecule has 0 fully saturated rings. The predicted molar refractivity (Wildman–Crippen MR) is 150 cm³/mol. The fourth-order valence-electron chi connectivity index (χ4n) is 4.20. The third-order valence-electron chi connectivity index (χ3n) is 5.89. The third-order valence-corrected chi connectivity index (χ3v) is 7.46. The number of esters is 2. The average molecular weight is 633 g/mol. The van der Waals surface area contributed by atoms with Gasteiger partial charge >= 0.3 is 11.9 Å². The van der Waals surface area contributed by atoms with Crippen LogP contribution in [-0.4, -0.2) is 43.4 Å². The second-order valence-corrected chi connectivity index (χ2v) is 10.3. The van der Waals surface area contributed by atoms with Crippen molar-refractivity contribution in [3.05, 3.63) is 88.8 Å². The van der Waals surface area contributed by atoms with E-state index < -0.39 is 23.8 Å². The number of hydrogen-bond donors (Lipinski definition) is 0. The van der Waals surface area contributed by atoms with Crippen LogP contribution in [-0.2, 0) is 19.1 Å². The van der Waals surface area contributed by atoms with Gasteiger partial charge in [-0.25, -0.2) is 19.0 Å². The van der Waals surface area contributed by atoms with E-state index in [-0.39, 0.29) is 31.0 Å². The smallest absolute Gasteiger partial charge is 0.344 e. The van der Waals surface area contributed by atoms with Gasteiger partial charge in [0.15, 0.2) is 22.9 Å². The number of halogens is 2. The molecule has 0 saturated heterocycles. The number of carbonyl (C=O) groups is 2. The van der Waals surface area contributed by atoms with Gasteiger partial charge in [-0.3, -0.25) is 9.36 Å². The molecule has 4 rings (SSSR count). The molecule has 1 aromatic heterocycles. The Hall–Kier alpha value is -3.77. The molecule has 1 atom stereocenters. The van der Waals surface area contributed by atoms with E-state index in [9.17, 15) is 18.8 Å². The summed E-state index contributed by atoms with van der Waals surface area (Å²) in [5.41, 5.74) is 1.38. The molecule has 210 valence electrons. The molecule has 0 unspecified atom stereocenters. The van der Waals surface area contributed by atoms with E-state index in [1.165, 1.54) is 35.9 Å². The van der Waals surface area contributed by atoms with Gasteiger partial charge in [-0.1, -0.05) is 23.5 Å². The largest absolute Gasteiger partial charge is 0.493 e. The molecule has 0 amide bonds. The molecule has 0 aliphatic carbocycles. The summed E-state index contributed by atoms with van der Waals surface area (Å²) in [6.07, 6.45) is 1.66. The minimum absolute atomic E-state index is 0.145. The molecule has 0 spiro atoms. The quantitative estimate of drug-likeness (QED) is 0.332. The molecule has 0 N–H and O–H groups in total. The summed E-state index contributed by atoms with van der Waals surface area (Å²) in [4.78, 5) is 43.4. The number of thiazole rings is 1. The molecule has 2 heterocycles. The van der Waals surface area contributed by atoms with Crippen LogP contribution in [0.1, 0.15) is 37.9 Å². The standard InChI is InChI=1S/C28H26BrFN2O7S/c1-5-37-22(33)14-39-25-19(29)11-16(12-20(25)36-4)13-21-26(34)32-24(17-7-9-18(30)10-8-17)23(27(35)38-6-2)15(3)31-28(32)40-21/h7-13,24H,5-6,14H2,1-4H3/b21-13-/t24-/m0/s1. The van der Waals surface area contributed by atoms with E-state index in [4.69, 9.17) is 18.9 Å². The normalized spacial score (nSPS) is 14.8. The second kappa shape index (κ2) is 12.6. The molecule has 2 aromatic carbocycles. The highest BCUT2D eigenvalue weighted by atomic mass is 79.9. The summed E-state index contributed by atoms with van der Waals surface area (Å²) >= 11 is 4.60. The van der Waals surface area contributed by atoms with Crippen molar-refractivity contribution >= 4 is 45.3 Å². The van der Waals surface area contributed by atoms with Crippen LogP contribution in [0.25, 0.3) is 6.08 Å². The average Bonchev–Trinajstić information content (AvgIpc) is 3.21. The lowest BCUT2D eigenvalue weighted by molar-refractivity contribution is -0.145. The van der Waals surface area contributed by atoms with Gasteiger partial charge in [-0.2, -0.15) is 0 Å². The monoisotopic (exact) mass is 632 g/mol. The zero-order valence-corrected chi connectivity index (χ0v) is 24.6. The van der Waals surface area contributed by atoms with Gasteiger partial charge < -0.3 is 18.9 Å². The lowest BCUT2D eigenvalue weighted by atomic mass is 9.96. The van der Waals surface area contributed by atoms with Crippen molar-refractivity contribution in [1.82, 2.24) is 4.57 Å². The van der Waals surface area contributed by atoms with Crippen LogP contribution < -0.4 is 24.4 Å². The van der Waals surface area contributed by atoms with E-state index in [0.29, 0.717) is 42.1 Å². The molecule has 40 heavy (non-hydrogen) atoms. The summed E-state index contributed by atoms with van der Waals surface area (Å²) in [7, 11) is 1.46. The van der Waals surface area contributed by atoms with Gasteiger partial charge in [0.25, 0.3) is 5.56 Å². The third kappa shape index (κ3) is 6.02. The number of benzene rings is 2. The Morgan fingerprint density at radius 3 is 2.50 bits per heavy atom. The molecule has 12 heteroatoms. The number of allylic oxidation sites excluding steroid dienone is 1. The van der Waals surface area contributed by atoms with Crippen molar-refractivity contribution in [2.75, 3.05) is 26.9 Å². The molecular weight excluding hydrogens is 607 g/mol. The maximum Gasteiger partial charge on any atom is 0.344 e. The van der Waals surface area contributed by atoms with Gasteiger partial charge in [-0.15, -0.1) is 0 Å². The first kappa shape index (κ1) is 29.2. The molecule has 1 aliphatic heterocycles. The fourth-order valence-corrected chi connectivity index (χ4v) is 5.82. The Kier molecular flexibility index (Phi) is 9.21. The number of carbonyl (C=O) groups excluding carboxylic acids is 2. The lowest BCUT2D eigenvalue weighted by Crippen LogP contribution is -2.39. The first-order valence-corrected chi connectivity index (χ1v) is 13.9. The zero-order valence-electron chi connectivity index (χ0n) is 22.2. The summed E-state index contributed by atoms with van der Waals surface area (Å²) in [6.45, 7) is 5.15. The first-order chi connectivity index (χ1) is 19.2. The molecule has 1 aliphatic rings. The van der Waals surface area contributed by atoms with Crippen molar-refractivity contribution in [2.45, 2.75) is 26.8 Å². The van der Waals surface area contributed by atoms with E-state index in [0.717, 1.165) is 11.3 Å². The van der Waals surface area contributed by atoms with E-state index in [1.54, 1.807) is 39.0 Å². The van der Waals surface area contributed by atoms with Gasteiger partial charge in [-0.05, 0) is 78.2 Å². The Labute approximate surface area is 241 Å². The van der Waals surface area contributed by atoms with Crippen molar-refractivity contribution in [1.29, 1.82) is 0 Å². The Balaban J connectivity index is 1.82. The van der Waals surface area contributed by atoms with Crippen molar-refractivity contribution in [3.63, 3.8) is 0 Å². The lowest BCUT2D eigenvalue weighted by Gasteiger charge is -2.24. The van der Waals surface area contributed by atoms with Crippen LogP contribution in [0.15, 0.2) is 61.9 Å². The molecule has 0 saturated carbocycles. The fraction of sp³-hybridized carbons (Fsp3) is 0.286. The van der Waals surface area contributed by atoms with Gasteiger partial charge in [0.2, 0.25) is 0 Å². The van der Waals surface area contributed by atoms with E-state index in [1.807, 2.05) is 0 Å². The Morgan fingerprint density at radius 2 is 1.85 bits per heavy atom. The van der Waals surface area contributed by atoms with Gasteiger partial charge in [0, 0.05) is 0 Å². The van der Waals surface area contributed by atoms with Crippen molar-refractivity contribution in [2.24, 2.45) is 4.99 Å². The molecule has 9 nitrogen and oxygen atoms in total. The maximum atomic E-state index is 13.8. The van der Waals surface area contributed by atoms with Crippen LogP contribution in [0, 0.1) is 5.82 Å². The zero-order chi connectivity index (χ0) is 29.0. The minimum atomic E-state index is -0.849. The molecule has 0 radical (unpaired) electrons. The topological polar surface area (TPSA) is 105 Å². The van der Waals surface area contributed by atoms with Crippen LogP contribution >= 0.6 is 27.3 Å². The number of nitrogens with zero attached hydrogens (tertiary/aromatic N) is 2. The van der Waals surface area contributed by atoms with Crippen LogP contribution in [0.5, 0.6) is 11.5 Å². The highest BCUT2D eigenvalue weighted by molar-refractivity contribution is 9.10. The number of ether oxygens (including phenoxy) is 4. The number of fused-ring (bicyclic) bond motifs is 1. The summed E-state index contributed by atoms with van der Waals surface area (Å²) in [5, 5.41) is 0. The van der Waals surface area contributed by atoms with Crippen molar-refractivity contribution in [3.8, 4) is 11.5 Å². The van der Waals surface area contributed by atoms with Crippen LogP contribution in [0.4, 0.5) is 4.39 Å². The molecule has 0 bridgehead atoms. The maximum absolute atomic E-state index is 13.8. The Morgan fingerprint density at radius 1 is 1.15 bits per heavy atom. The summed E-state index contributed by atoms with van der Waals surface area (Å²) in [6, 6.07) is 8.15.